The number of pyridine rings is 1. The van der Waals surface area contributed by atoms with Gasteiger partial charge in [0.15, 0.2) is 5.15 Å². The minimum atomic E-state index is -1.09. The normalized spacial score (nSPS) is 23.4. The molecular formula is C19H22ClN5O4. The van der Waals surface area contributed by atoms with Gasteiger partial charge in [-0.05, 0) is 19.4 Å². The SMILES string of the molecule is COc1ccc(C#Cc2c(Cl)nc(N)nc2N[C@@H]2C[C@H](CO)[C@@H](O)[C@H]2O)c(C)n1. The molecule has 10 heteroatoms. The number of nitrogen functional groups attached to an aromatic ring is 1. The Morgan fingerprint density at radius 2 is 2.00 bits per heavy atom. The lowest BCUT2D eigenvalue weighted by atomic mass is 10.1. The van der Waals surface area contributed by atoms with Crippen molar-refractivity contribution in [3.63, 3.8) is 0 Å². The Morgan fingerprint density at radius 3 is 2.62 bits per heavy atom. The predicted molar refractivity (Wildman–Crippen MR) is 108 cm³/mol. The predicted octanol–water partition coefficient (Wildman–Crippen LogP) is 0.339. The van der Waals surface area contributed by atoms with Crippen molar-refractivity contribution in [1.29, 1.82) is 0 Å². The molecule has 154 valence electrons. The molecule has 29 heavy (non-hydrogen) atoms. The number of ether oxygens (including phenoxy) is 1. The fourth-order valence-electron chi connectivity index (χ4n) is 3.20. The van der Waals surface area contributed by atoms with Gasteiger partial charge in [-0.2, -0.15) is 9.97 Å². The molecular weight excluding hydrogens is 398 g/mol. The van der Waals surface area contributed by atoms with Crippen LogP contribution in [0.4, 0.5) is 11.8 Å². The van der Waals surface area contributed by atoms with Crippen LogP contribution in [0.1, 0.15) is 23.2 Å². The second-order valence-electron chi connectivity index (χ2n) is 6.74. The van der Waals surface area contributed by atoms with Crippen LogP contribution in [0.3, 0.4) is 0 Å². The smallest absolute Gasteiger partial charge is 0.223 e. The summed E-state index contributed by atoms with van der Waals surface area (Å²) >= 11 is 6.23. The van der Waals surface area contributed by atoms with Gasteiger partial charge in [0.05, 0.1) is 24.9 Å². The van der Waals surface area contributed by atoms with E-state index in [4.69, 9.17) is 22.1 Å². The Bertz CT molecular complexity index is 962. The summed E-state index contributed by atoms with van der Waals surface area (Å²) in [4.78, 5) is 12.4. The van der Waals surface area contributed by atoms with E-state index in [-0.39, 0.29) is 23.5 Å². The monoisotopic (exact) mass is 419 g/mol. The second-order valence-corrected chi connectivity index (χ2v) is 7.10. The van der Waals surface area contributed by atoms with Gasteiger partial charge in [0, 0.05) is 24.2 Å². The molecule has 4 atom stereocenters. The van der Waals surface area contributed by atoms with Crippen molar-refractivity contribution in [2.24, 2.45) is 5.92 Å². The number of hydrogen-bond acceptors (Lipinski definition) is 9. The number of aromatic nitrogens is 3. The molecule has 0 radical (unpaired) electrons. The molecule has 0 aliphatic heterocycles. The number of nitrogens with one attached hydrogen (secondary N) is 1. The summed E-state index contributed by atoms with van der Waals surface area (Å²) in [7, 11) is 1.53. The van der Waals surface area contributed by atoms with Gasteiger partial charge in [-0.25, -0.2) is 4.98 Å². The van der Waals surface area contributed by atoms with Gasteiger partial charge in [0.1, 0.15) is 17.5 Å². The molecule has 3 rings (SSSR count). The van der Waals surface area contributed by atoms with Crippen molar-refractivity contribution in [3.8, 4) is 17.7 Å². The Labute approximate surface area is 172 Å². The summed E-state index contributed by atoms with van der Waals surface area (Å²) < 4.78 is 5.09. The topological polar surface area (TPSA) is 147 Å². The molecule has 0 spiro atoms. The van der Waals surface area contributed by atoms with Crippen LogP contribution in [0.5, 0.6) is 5.88 Å². The molecule has 0 bridgehead atoms. The van der Waals surface area contributed by atoms with Crippen LogP contribution in [0.25, 0.3) is 0 Å². The van der Waals surface area contributed by atoms with Crippen LogP contribution in [0.2, 0.25) is 5.15 Å². The summed E-state index contributed by atoms with van der Waals surface area (Å²) in [5.41, 5.74) is 7.35. The van der Waals surface area contributed by atoms with E-state index in [1.54, 1.807) is 19.1 Å². The molecule has 2 aromatic rings. The lowest BCUT2D eigenvalue weighted by molar-refractivity contribution is 0.00445. The highest BCUT2D eigenvalue weighted by Gasteiger charge is 2.41. The molecule has 2 aromatic heterocycles. The number of rotatable bonds is 4. The molecule has 6 N–H and O–H groups in total. The molecule has 1 saturated carbocycles. The van der Waals surface area contributed by atoms with Crippen molar-refractivity contribution in [3.05, 3.63) is 34.1 Å². The van der Waals surface area contributed by atoms with Crippen molar-refractivity contribution < 1.29 is 20.1 Å². The van der Waals surface area contributed by atoms with E-state index in [0.717, 1.165) is 0 Å². The number of halogens is 1. The number of aryl methyl sites for hydroxylation is 1. The molecule has 1 aliphatic carbocycles. The second kappa shape index (κ2) is 8.80. The zero-order chi connectivity index (χ0) is 21.1. The lowest BCUT2D eigenvalue weighted by Crippen LogP contribution is -2.35. The first-order valence-electron chi connectivity index (χ1n) is 8.94. The standard InChI is InChI=1S/C19H22ClN5O4/c1-9-10(4-6-14(22-9)29-2)3-5-12-17(20)24-19(21)25-18(12)23-13-7-11(8-26)15(27)16(13)28/h4,6,11,13,15-16,26-28H,7-8H2,1-2H3,(H3,21,23,24,25)/t11-,13-,15-,16+/m1/s1. The Hall–Kier alpha value is -2.64. The number of nitrogens with zero attached hydrogens (tertiary/aromatic N) is 3. The average Bonchev–Trinajstić information content (AvgIpc) is 2.96. The molecule has 0 amide bonds. The quantitative estimate of drug-likeness (QED) is 0.349. The zero-order valence-electron chi connectivity index (χ0n) is 15.9. The fraction of sp³-hybridized carbons (Fsp3) is 0.421. The third kappa shape index (κ3) is 4.52. The van der Waals surface area contributed by atoms with Gasteiger partial charge in [-0.3, -0.25) is 0 Å². The number of aliphatic hydroxyl groups is 3. The molecule has 9 nitrogen and oxygen atoms in total. The fourth-order valence-corrected chi connectivity index (χ4v) is 3.43. The lowest BCUT2D eigenvalue weighted by Gasteiger charge is -2.19. The number of hydrogen-bond donors (Lipinski definition) is 5. The molecule has 0 saturated heterocycles. The first kappa shape index (κ1) is 21.1. The van der Waals surface area contributed by atoms with E-state index in [1.807, 2.05) is 0 Å². The van der Waals surface area contributed by atoms with Gasteiger partial charge < -0.3 is 31.1 Å². The van der Waals surface area contributed by atoms with Crippen molar-refractivity contribution in [2.45, 2.75) is 31.6 Å². The van der Waals surface area contributed by atoms with Crippen LogP contribution in [0, 0.1) is 24.7 Å². The first-order valence-corrected chi connectivity index (χ1v) is 9.32. The summed E-state index contributed by atoms with van der Waals surface area (Å²) in [6.07, 6.45) is -1.79. The van der Waals surface area contributed by atoms with Crippen LogP contribution in [-0.4, -0.2) is 62.2 Å². The molecule has 1 aliphatic rings. The summed E-state index contributed by atoms with van der Waals surface area (Å²) in [5.74, 6) is 6.13. The maximum absolute atomic E-state index is 10.3. The molecule has 0 unspecified atom stereocenters. The summed E-state index contributed by atoms with van der Waals surface area (Å²) in [6.45, 7) is 1.57. The van der Waals surface area contributed by atoms with Crippen LogP contribution < -0.4 is 15.8 Å². The molecule has 2 heterocycles. The van der Waals surface area contributed by atoms with Gasteiger partial charge in [0.2, 0.25) is 11.8 Å². The van der Waals surface area contributed by atoms with E-state index >= 15 is 0 Å². The Kier molecular flexibility index (Phi) is 6.39. The zero-order valence-corrected chi connectivity index (χ0v) is 16.7. The number of methoxy groups -OCH3 is 1. The third-order valence-electron chi connectivity index (χ3n) is 4.83. The summed E-state index contributed by atoms with van der Waals surface area (Å²) in [6, 6.07) is 2.91. The molecule has 0 aromatic carbocycles. The highest BCUT2D eigenvalue weighted by molar-refractivity contribution is 6.31. The van der Waals surface area contributed by atoms with Crippen molar-refractivity contribution in [2.75, 3.05) is 24.8 Å². The Morgan fingerprint density at radius 1 is 1.24 bits per heavy atom. The number of anilines is 2. The van der Waals surface area contributed by atoms with Gasteiger partial charge in [0.25, 0.3) is 0 Å². The minimum absolute atomic E-state index is 0.0540. The molecule has 1 fully saturated rings. The van der Waals surface area contributed by atoms with Crippen molar-refractivity contribution >= 4 is 23.4 Å². The van der Waals surface area contributed by atoms with Gasteiger partial charge in [-0.15, -0.1) is 0 Å². The van der Waals surface area contributed by atoms with E-state index < -0.39 is 24.2 Å². The van der Waals surface area contributed by atoms with Gasteiger partial charge in [-0.1, -0.05) is 23.4 Å². The minimum Gasteiger partial charge on any atom is -0.481 e. The van der Waals surface area contributed by atoms with Crippen LogP contribution in [-0.2, 0) is 0 Å². The maximum Gasteiger partial charge on any atom is 0.223 e. The number of nitrogens with two attached hydrogens (primary N) is 1. The maximum atomic E-state index is 10.3. The highest BCUT2D eigenvalue weighted by atomic mass is 35.5. The van der Waals surface area contributed by atoms with E-state index in [2.05, 4.69) is 32.1 Å². The highest BCUT2D eigenvalue weighted by Crippen LogP contribution is 2.30. The summed E-state index contributed by atoms with van der Waals surface area (Å²) in [5, 5.41) is 32.7. The van der Waals surface area contributed by atoms with Crippen molar-refractivity contribution in [1.82, 2.24) is 15.0 Å². The largest absolute Gasteiger partial charge is 0.481 e. The average molecular weight is 420 g/mol. The Balaban J connectivity index is 1.93. The number of aliphatic hydroxyl groups excluding tert-OH is 3. The van der Waals surface area contributed by atoms with E-state index in [9.17, 15) is 15.3 Å². The van der Waals surface area contributed by atoms with E-state index in [1.165, 1.54) is 7.11 Å². The first-order chi connectivity index (χ1) is 13.8. The third-order valence-corrected chi connectivity index (χ3v) is 5.11. The van der Waals surface area contributed by atoms with Crippen LogP contribution >= 0.6 is 11.6 Å². The van der Waals surface area contributed by atoms with Crippen LogP contribution in [0.15, 0.2) is 12.1 Å². The van der Waals surface area contributed by atoms with E-state index in [0.29, 0.717) is 29.1 Å². The van der Waals surface area contributed by atoms with Gasteiger partial charge >= 0.3 is 0 Å².